The Balaban J connectivity index is 0.908. The number of imide groups is 1. The molecular weight excluding hydrogens is 922 g/mol. The number of aliphatic hydroxyl groups is 10. The Morgan fingerprint density at radius 2 is 1.16 bits per heavy atom. The molecule has 8 rings (SSSR count). The van der Waals surface area contributed by atoms with E-state index in [1.165, 1.54) is 4.90 Å². The molecule has 5 aliphatic rings. The van der Waals surface area contributed by atoms with Crippen molar-refractivity contribution < 1.29 is 104 Å². The van der Waals surface area contributed by atoms with Crippen LogP contribution in [0, 0.1) is 0 Å². The van der Waals surface area contributed by atoms with Crippen molar-refractivity contribution in [2.45, 2.75) is 131 Å². The number of hydroxylamine groups is 2. The van der Waals surface area contributed by atoms with Crippen molar-refractivity contribution in [3.63, 3.8) is 0 Å². The van der Waals surface area contributed by atoms with E-state index in [1.807, 2.05) is 6.07 Å². The molecule has 0 radical (unpaired) electrons. The summed E-state index contributed by atoms with van der Waals surface area (Å²) in [6, 6.07) is 14.1. The molecule has 10 N–H and O–H groups in total. The van der Waals surface area contributed by atoms with Gasteiger partial charge in [-0.15, -0.1) is 10.2 Å². The third-order valence-corrected chi connectivity index (χ3v) is 12.4. The number of anilines is 1. The fraction of sp³-hybridized carbons (Fsp3) is 0.581. The maximum Gasteiger partial charge on any atom is 0.333 e. The second kappa shape index (κ2) is 21.6. The highest BCUT2D eigenvalue weighted by atomic mass is 16.7. The van der Waals surface area contributed by atoms with Gasteiger partial charge in [0.2, 0.25) is 5.91 Å². The fourth-order valence-electron chi connectivity index (χ4n) is 8.57. The lowest BCUT2D eigenvalue weighted by Gasteiger charge is -2.43. The monoisotopic (exact) mass is 975 g/mol. The lowest BCUT2D eigenvalue weighted by molar-refractivity contribution is -0.342. The molecule has 26 heteroatoms. The van der Waals surface area contributed by atoms with E-state index < -0.39 is 142 Å². The number of aromatic nitrogens is 3. The number of carbonyl (C=O) groups is 4. The summed E-state index contributed by atoms with van der Waals surface area (Å²) in [7, 11) is 0. The van der Waals surface area contributed by atoms with E-state index in [0.717, 1.165) is 0 Å². The summed E-state index contributed by atoms with van der Waals surface area (Å²) < 4.78 is 35.2. The number of fused-ring (bicyclic) bond motifs is 5. The molecule has 376 valence electrons. The van der Waals surface area contributed by atoms with E-state index in [0.29, 0.717) is 38.8 Å². The minimum atomic E-state index is -1.88. The lowest BCUT2D eigenvalue weighted by atomic mass is 9.95. The van der Waals surface area contributed by atoms with Crippen LogP contribution >= 0.6 is 0 Å². The van der Waals surface area contributed by atoms with Crippen LogP contribution in [0.1, 0.15) is 31.2 Å². The Labute approximate surface area is 391 Å². The van der Waals surface area contributed by atoms with Crippen LogP contribution in [0.3, 0.4) is 0 Å². The van der Waals surface area contributed by atoms with Crippen molar-refractivity contribution in [1.29, 1.82) is 0 Å². The lowest BCUT2D eigenvalue weighted by Crippen LogP contribution is -2.62. The van der Waals surface area contributed by atoms with Crippen LogP contribution in [0.15, 0.2) is 48.5 Å². The summed E-state index contributed by atoms with van der Waals surface area (Å²) in [6.45, 7) is -2.16. The second-order valence-electron chi connectivity index (χ2n) is 17.0. The first-order valence-electron chi connectivity index (χ1n) is 22.1. The zero-order valence-electron chi connectivity index (χ0n) is 36.5. The van der Waals surface area contributed by atoms with Gasteiger partial charge in [0.1, 0.15) is 78.9 Å². The first-order chi connectivity index (χ1) is 33.1. The van der Waals surface area contributed by atoms with Crippen molar-refractivity contribution in [2.24, 2.45) is 0 Å². The molecule has 0 spiro atoms. The number of hydrogen-bond donors (Lipinski definition) is 10. The maximum atomic E-state index is 13.9. The summed E-state index contributed by atoms with van der Waals surface area (Å²) >= 11 is 0. The largest absolute Gasteiger partial charge is 0.394 e. The summed E-state index contributed by atoms with van der Waals surface area (Å²) in [5.41, 5.74) is 3.22. The molecule has 3 aromatic rings. The van der Waals surface area contributed by atoms with E-state index in [-0.39, 0.29) is 39.0 Å². The Morgan fingerprint density at radius 1 is 0.638 bits per heavy atom. The molecular formula is C43H53N5O21. The highest BCUT2D eigenvalue weighted by molar-refractivity contribution is 6.03. The van der Waals surface area contributed by atoms with Gasteiger partial charge < -0.3 is 89.2 Å². The molecule has 0 unspecified atom stereocenters. The molecule has 15 atom stereocenters. The van der Waals surface area contributed by atoms with E-state index in [2.05, 4.69) is 10.3 Å². The summed E-state index contributed by atoms with van der Waals surface area (Å²) in [6.07, 6.45) is -26.0. The van der Waals surface area contributed by atoms with Gasteiger partial charge in [0, 0.05) is 30.4 Å². The van der Waals surface area contributed by atoms with Crippen LogP contribution in [0.25, 0.3) is 22.5 Å². The van der Waals surface area contributed by atoms with E-state index in [1.54, 1.807) is 47.1 Å². The van der Waals surface area contributed by atoms with E-state index >= 15 is 0 Å². The number of carbonyl (C=O) groups excluding carboxylic acids is 4. The number of para-hydroxylation sites is 1. The van der Waals surface area contributed by atoms with Gasteiger partial charge in [-0.1, -0.05) is 47.7 Å². The number of hydrogen-bond acceptors (Lipinski definition) is 23. The average molecular weight is 976 g/mol. The number of aliphatic hydroxyl groups excluding tert-OH is 10. The molecule has 2 aromatic carbocycles. The third kappa shape index (κ3) is 10.4. The van der Waals surface area contributed by atoms with Crippen LogP contribution in [0.4, 0.5) is 5.69 Å². The van der Waals surface area contributed by atoms with Crippen LogP contribution in [0.5, 0.6) is 0 Å². The number of amides is 3. The van der Waals surface area contributed by atoms with Gasteiger partial charge in [0.25, 0.3) is 11.8 Å². The molecule has 0 aliphatic carbocycles. The van der Waals surface area contributed by atoms with Crippen LogP contribution in [-0.4, -0.2) is 213 Å². The topological polar surface area (TPSA) is 372 Å². The van der Waals surface area contributed by atoms with Gasteiger partial charge in [0.15, 0.2) is 18.9 Å². The molecule has 69 heavy (non-hydrogen) atoms. The quantitative estimate of drug-likeness (QED) is 0.0640. The van der Waals surface area contributed by atoms with Crippen molar-refractivity contribution >= 4 is 29.4 Å². The van der Waals surface area contributed by atoms with E-state index in [9.17, 15) is 70.2 Å². The number of rotatable bonds is 15. The van der Waals surface area contributed by atoms with Gasteiger partial charge in [-0.3, -0.25) is 14.4 Å². The first-order valence-corrected chi connectivity index (χ1v) is 22.1. The van der Waals surface area contributed by atoms with Crippen molar-refractivity contribution in [3.8, 4) is 22.5 Å². The Hall–Kier alpha value is -4.98. The second-order valence-corrected chi connectivity index (χ2v) is 17.0. The molecule has 5 aliphatic heterocycles. The molecule has 26 nitrogen and oxygen atoms in total. The summed E-state index contributed by atoms with van der Waals surface area (Å²) in [4.78, 5) is 56.8. The minimum Gasteiger partial charge on any atom is -0.394 e. The van der Waals surface area contributed by atoms with Crippen molar-refractivity contribution in [1.82, 2.24) is 20.1 Å². The standard InChI is InChI=1S/C43H53N5O21/c49-16-23-32(54)35(57)39(61)42(66-23)64-18-25-34(56)37(59)40(62)43(68-25)65-17-24-33(55)36(58)38(60)41(67-24)63-14-13-47-31-20-6-2-1-5-19(20)15-46(22-8-4-3-7-21(22)30(31)44-45-47)26(50)11-12-29(53)69-48-27(51)9-10-28(48)52/h1-8,23-25,32-43,49,54-62H,9-18H2/t23-,24-,25-,32-,33-,34-,35+,36+,37+,38-,39-,40-,41-,42-,43-/m1/s1. The molecule has 4 saturated heterocycles. The smallest absolute Gasteiger partial charge is 0.333 e. The normalized spacial score (nSPS) is 33.6. The Kier molecular flexibility index (Phi) is 15.8. The van der Waals surface area contributed by atoms with Gasteiger partial charge in [0.05, 0.1) is 57.3 Å². The molecule has 3 amide bonds. The molecule has 6 heterocycles. The van der Waals surface area contributed by atoms with Gasteiger partial charge in [-0.25, -0.2) is 9.48 Å². The average Bonchev–Trinajstić information content (AvgIpc) is 3.91. The van der Waals surface area contributed by atoms with Crippen LogP contribution < -0.4 is 4.90 Å². The molecule has 0 saturated carbocycles. The highest BCUT2D eigenvalue weighted by Crippen LogP contribution is 2.41. The molecule has 1 aromatic heterocycles. The highest BCUT2D eigenvalue weighted by Gasteiger charge is 2.49. The van der Waals surface area contributed by atoms with E-state index in [4.69, 9.17) is 33.3 Å². The summed E-state index contributed by atoms with van der Waals surface area (Å²) in [5.74, 6) is -2.66. The van der Waals surface area contributed by atoms with Gasteiger partial charge >= 0.3 is 5.97 Å². The number of ether oxygens (including phenoxy) is 6. The predicted molar refractivity (Wildman–Crippen MR) is 223 cm³/mol. The Morgan fingerprint density at radius 3 is 1.75 bits per heavy atom. The number of benzene rings is 2. The van der Waals surface area contributed by atoms with Gasteiger partial charge in [-0.05, 0) is 11.6 Å². The van der Waals surface area contributed by atoms with Crippen LogP contribution in [-0.2, 0) is 65.5 Å². The molecule has 4 fully saturated rings. The Bertz CT molecular complexity index is 2300. The zero-order valence-corrected chi connectivity index (χ0v) is 36.5. The minimum absolute atomic E-state index is 0.00703. The zero-order chi connectivity index (χ0) is 49.3. The van der Waals surface area contributed by atoms with Gasteiger partial charge in [-0.2, -0.15) is 0 Å². The van der Waals surface area contributed by atoms with Crippen molar-refractivity contribution in [2.75, 3.05) is 31.3 Å². The summed E-state index contributed by atoms with van der Waals surface area (Å²) in [5, 5.41) is 114. The first kappa shape index (κ1) is 50.4. The SMILES string of the molecule is O=C(CCC(=O)N1Cc2ccccc2-c2c(nnn2CCO[C@@H]2O[C@H](CO[C@@H]3O[C@H](CO[C@@H]4O[C@H](CO)[C@@H](O)[C@H](O)[C@H]4O)[C@@H](O)[C@H](O)[C@H]3O)[C@@H](O)[C@H](O)[C@H]2O)-c2ccccc21)ON1C(=O)CCC1=O. The number of nitrogens with zero attached hydrogens (tertiary/aromatic N) is 5. The maximum absolute atomic E-state index is 13.9. The fourth-order valence-corrected chi connectivity index (χ4v) is 8.57. The predicted octanol–water partition coefficient (Wildman–Crippen LogP) is -4.69. The van der Waals surface area contributed by atoms with Crippen LogP contribution in [0.2, 0.25) is 0 Å². The molecule has 0 bridgehead atoms. The van der Waals surface area contributed by atoms with Crippen molar-refractivity contribution in [3.05, 3.63) is 54.1 Å². The third-order valence-electron chi connectivity index (χ3n) is 12.4.